The molecule has 1 amide bonds. The minimum absolute atomic E-state index is 0.0912. The second-order valence-corrected chi connectivity index (χ2v) is 7.11. The lowest BCUT2D eigenvalue weighted by atomic mass is 10.2. The monoisotopic (exact) mass is 362 g/mol. The molecular formula is C17H19ClN4OS. The first-order valence-electron chi connectivity index (χ1n) is 7.82. The molecule has 1 aromatic carbocycles. The normalized spacial score (nSPS) is 13.8. The zero-order chi connectivity index (χ0) is 17.1. The summed E-state index contributed by atoms with van der Waals surface area (Å²) in [5.74, 6) is 1.69. The Morgan fingerprint density at radius 3 is 3.00 bits per heavy atom. The number of rotatable bonds is 7. The molecule has 3 rings (SSSR count). The fourth-order valence-electron chi connectivity index (χ4n) is 2.41. The minimum atomic E-state index is -0.0912. The van der Waals surface area contributed by atoms with Crippen molar-refractivity contribution in [3.63, 3.8) is 0 Å². The SMILES string of the molecule is C=CCn1c(SCC(=O)Nc2cccc(Cl)c2C)nnc1C1CC1. The second kappa shape index (κ2) is 7.40. The van der Waals surface area contributed by atoms with Crippen molar-refractivity contribution in [1.29, 1.82) is 0 Å². The summed E-state index contributed by atoms with van der Waals surface area (Å²) in [4.78, 5) is 12.2. The molecule has 1 fully saturated rings. The molecule has 24 heavy (non-hydrogen) atoms. The molecule has 1 aliphatic rings. The number of halogens is 1. The van der Waals surface area contributed by atoms with Gasteiger partial charge in [-0.1, -0.05) is 35.5 Å². The lowest BCUT2D eigenvalue weighted by Gasteiger charge is -2.10. The fraction of sp³-hybridized carbons (Fsp3) is 0.353. The van der Waals surface area contributed by atoms with Gasteiger partial charge in [-0.05, 0) is 37.5 Å². The van der Waals surface area contributed by atoms with Crippen LogP contribution in [0, 0.1) is 6.92 Å². The summed E-state index contributed by atoms with van der Waals surface area (Å²) < 4.78 is 2.05. The molecule has 1 saturated carbocycles. The van der Waals surface area contributed by atoms with Crippen LogP contribution in [0.4, 0.5) is 5.69 Å². The third-order valence-electron chi connectivity index (χ3n) is 3.87. The topological polar surface area (TPSA) is 59.8 Å². The van der Waals surface area contributed by atoms with E-state index in [-0.39, 0.29) is 11.7 Å². The molecule has 0 atom stereocenters. The average Bonchev–Trinajstić information content (AvgIpc) is 3.33. The van der Waals surface area contributed by atoms with E-state index in [1.807, 2.05) is 29.7 Å². The van der Waals surface area contributed by atoms with Crippen molar-refractivity contribution >= 4 is 35.0 Å². The number of nitrogens with one attached hydrogen (secondary N) is 1. The summed E-state index contributed by atoms with van der Waals surface area (Å²) >= 11 is 7.46. The van der Waals surface area contributed by atoms with Gasteiger partial charge >= 0.3 is 0 Å². The van der Waals surface area contributed by atoms with E-state index in [2.05, 4.69) is 22.1 Å². The van der Waals surface area contributed by atoms with Gasteiger partial charge in [0.15, 0.2) is 5.16 Å². The van der Waals surface area contributed by atoms with E-state index in [9.17, 15) is 4.79 Å². The number of allylic oxidation sites excluding steroid dienone is 1. The van der Waals surface area contributed by atoms with Crippen molar-refractivity contribution in [3.05, 3.63) is 47.3 Å². The molecule has 0 saturated heterocycles. The highest BCUT2D eigenvalue weighted by Crippen LogP contribution is 2.40. The van der Waals surface area contributed by atoms with Gasteiger partial charge < -0.3 is 9.88 Å². The third-order valence-corrected chi connectivity index (χ3v) is 5.25. The number of nitrogens with zero attached hydrogens (tertiary/aromatic N) is 3. The smallest absolute Gasteiger partial charge is 0.234 e. The molecular weight excluding hydrogens is 344 g/mol. The first kappa shape index (κ1) is 17.0. The van der Waals surface area contributed by atoms with E-state index in [0.29, 0.717) is 17.5 Å². The lowest BCUT2D eigenvalue weighted by Crippen LogP contribution is -2.15. The predicted octanol–water partition coefficient (Wildman–Crippen LogP) is 4.03. The van der Waals surface area contributed by atoms with Crippen LogP contribution < -0.4 is 5.32 Å². The Kier molecular flexibility index (Phi) is 5.26. The Balaban J connectivity index is 1.64. The van der Waals surface area contributed by atoms with Crippen LogP contribution in [0.15, 0.2) is 36.0 Å². The number of thioether (sulfide) groups is 1. The van der Waals surface area contributed by atoms with Gasteiger partial charge in [-0.3, -0.25) is 4.79 Å². The van der Waals surface area contributed by atoms with Crippen LogP contribution in [0.1, 0.15) is 30.1 Å². The van der Waals surface area contributed by atoms with E-state index in [1.165, 1.54) is 11.8 Å². The van der Waals surface area contributed by atoms with E-state index < -0.39 is 0 Å². The fourth-order valence-corrected chi connectivity index (χ4v) is 3.34. The molecule has 0 spiro atoms. The maximum atomic E-state index is 12.2. The number of anilines is 1. The van der Waals surface area contributed by atoms with Crippen molar-refractivity contribution in [1.82, 2.24) is 14.8 Å². The van der Waals surface area contributed by atoms with Crippen LogP contribution in [0.5, 0.6) is 0 Å². The van der Waals surface area contributed by atoms with E-state index in [4.69, 9.17) is 11.6 Å². The van der Waals surface area contributed by atoms with Crippen molar-refractivity contribution in [3.8, 4) is 0 Å². The van der Waals surface area contributed by atoms with E-state index in [1.54, 1.807) is 6.07 Å². The van der Waals surface area contributed by atoms with Gasteiger partial charge in [0.05, 0.1) is 5.75 Å². The number of carbonyl (C=O) groups is 1. The molecule has 1 N–H and O–H groups in total. The van der Waals surface area contributed by atoms with Crippen LogP contribution in [0.25, 0.3) is 0 Å². The van der Waals surface area contributed by atoms with Crippen LogP contribution in [-0.4, -0.2) is 26.4 Å². The number of aromatic nitrogens is 3. The summed E-state index contributed by atoms with van der Waals surface area (Å²) in [5.41, 5.74) is 1.60. The highest BCUT2D eigenvalue weighted by atomic mass is 35.5. The van der Waals surface area contributed by atoms with Gasteiger partial charge in [0.25, 0.3) is 0 Å². The number of hydrogen-bond donors (Lipinski definition) is 1. The van der Waals surface area contributed by atoms with Gasteiger partial charge in [-0.25, -0.2) is 0 Å². The summed E-state index contributed by atoms with van der Waals surface area (Å²) in [6.07, 6.45) is 4.15. The molecule has 126 valence electrons. The summed E-state index contributed by atoms with van der Waals surface area (Å²) in [6.45, 7) is 6.33. The number of benzene rings is 1. The maximum absolute atomic E-state index is 12.2. The molecule has 1 aliphatic carbocycles. The summed E-state index contributed by atoms with van der Waals surface area (Å²) in [5, 5.41) is 12.8. The molecule has 0 unspecified atom stereocenters. The van der Waals surface area contributed by atoms with E-state index >= 15 is 0 Å². The zero-order valence-corrected chi connectivity index (χ0v) is 15.0. The van der Waals surface area contributed by atoms with Crippen molar-refractivity contribution < 1.29 is 4.79 Å². The summed E-state index contributed by atoms with van der Waals surface area (Å²) in [6, 6.07) is 5.47. The van der Waals surface area contributed by atoms with Gasteiger partial charge in [-0.15, -0.1) is 16.8 Å². The van der Waals surface area contributed by atoms with Gasteiger partial charge in [-0.2, -0.15) is 0 Å². The molecule has 1 heterocycles. The van der Waals surface area contributed by atoms with Crippen molar-refractivity contribution in [2.75, 3.05) is 11.1 Å². The predicted molar refractivity (Wildman–Crippen MR) is 97.7 cm³/mol. The Morgan fingerprint density at radius 2 is 2.29 bits per heavy atom. The Labute approximate surface area is 150 Å². The van der Waals surface area contributed by atoms with Gasteiger partial charge in [0.2, 0.25) is 5.91 Å². The molecule has 0 bridgehead atoms. The molecule has 2 aromatic rings. The van der Waals surface area contributed by atoms with Crippen LogP contribution in [0.3, 0.4) is 0 Å². The minimum Gasteiger partial charge on any atom is -0.325 e. The van der Waals surface area contributed by atoms with Crippen LogP contribution >= 0.6 is 23.4 Å². The largest absolute Gasteiger partial charge is 0.325 e. The van der Waals surface area contributed by atoms with Gasteiger partial charge in [0.1, 0.15) is 5.82 Å². The Bertz CT molecular complexity index is 770. The van der Waals surface area contributed by atoms with Crippen molar-refractivity contribution in [2.45, 2.75) is 37.4 Å². The van der Waals surface area contributed by atoms with E-state index in [0.717, 1.165) is 35.1 Å². The molecule has 5 nitrogen and oxygen atoms in total. The summed E-state index contributed by atoms with van der Waals surface area (Å²) in [7, 11) is 0. The second-order valence-electron chi connectivity index (χ2n) is 5.76. The number of hydrogen-bond acceptors (Lipinski definition) is 4. The standard InChI is InChI=1S/C17H19ClN4OS/c1-3-9-22-16(12-7-8-12)20-21-17(22)24-10-15(23)19-14-6-4-5-13(18)11(14)2/h3-6,12H,1,7-10H2,2H3,(H,19,23). The maximum Gasteiger partial charge on any atom is 0.234 e. The Morgan fingerprint density at radius 1 is 1.50 bits per heavy atom. The molecule has 0 aliphatic heterocycles. The molecule has 0 radical (unpaired) electrons. The molecule has 7 heteroatoms. The van der Waals surface area contributed by atoms with Crippen LogP contribution in [0.2, 0.25) is 5.02 Å². The average molecular weight is 363 g/mol. The quantitative estimate of drug-likeness (QED) is 0.596. The van der Waals surface area contributed by atoms with Crippen molar-refractivity contribution in [2.24, 2.45) is 0 Å². The highest BCUT2D eigenvalue weighted by molar-refractivity contribution is 7.99. The number of amides is 1. The first-order valence-corrected chi connectivity index (χ1v) is 9.18. The zero-order valence-electron chi connectivity index (χ0n) is 13.5. The lowest BCUT2D eigenvalue weighted by molar-refractivity contribution is -0.113. The third kappa shape index (κ3) is 3.82. The van der Waals surface area contributed by atoms with Crippen LogP contribution in [-0.2, 0) is 11.3 Å². The highest BCUT2D eigenvalue weighted by Gasteiger charge is 2.30. The molecule has 1 aromatic heterocycles. The van der Waals surface area contributed by atoms with Gasteiger partial charge in [0, 0.05) is 23.2 Å². The Hall–Kier alpha value is -1.79. The number of carbonyl (C=O) groups excluding carboxylic acids is 1. The first-order chi connectivity index (χ1) is 11.6.